The molecule has 3 nitrogen and oxygen atoms in total. The van der Waals surface area contributed by atoms with Gasteiger partial charge in [0, 0.05) is 17.6 Å². The van der Waals surface area contributed by atoms with Gasteiger partial charge in [-0.15, -0.1) is 0 Å². The van der Waals surface area contributed by atoms with E-state index < -0.39 is 0 Å². The van der Waals surface area contributed by atoms with E-state index in [2.05, 4.69) is 50.4 Å². The smallest absolute Gasteiger partial charge is 0.224 e. The lowest BCUT2D eigenvalue weighted by atomic mass is 10.1. The average Bonchev–Trinajstić information content (AvgIpc) is 3.09. The van der Waals surface area contributed by atoms with Crippen molar-refractivity contribution in [3.8, 4) is 0 Å². The summed E-state index contributed by atoms with van der Waals surface area (Å²) >= 11 is 3.40. The molecule has 1 N–H and O–H groups in total. The summed E-state index contributed by atoms with van der Waals surface area (Å²) in [6, 6.07) is 16.4. The number of nitrogens with zero attached hydrogens (tertiary/aromatic N) is 1. The van der Waals surface area contributed by atoms with Crippen molar-refractivity contribution >= 4 is 21.8 Å². The summed E-state index contributed by atoms with van der Waals surface area (Å²) in [5.74, 6) is 0.0541. The van der Waals surface area contributed by atoms with Crippen LogP contribution in [0.1, 0.15) is 29.5 Å². The summed E-state index contributed by atoms with van der Waals surface area (Å²) in [7, 11) is 0. The van der Waals surface area contributed by atoms with Crippen molar-refractivity contribution in [2.45, 2.75) is 32.4 Å². The Balaban J connectivity index is 1.45. The van der Waals surface area contributed by atoms with Crippen LogP contribution < -0.4 is 5.32 Å². The highest BCUT2D eigenvalue weighted by Gasteiger charge is 2.11. The third-order valence-electron chi connectivity index (χ3n) is 4.40. The molecule has 4 heteroatoms. The van der Waals surface area contributed by atoms with E-state index in [9.17, 15) is 4.79 Å². The summed E-state index contributed by atoms with van der Waals surface area (Å²) in [4.78, 5) is 14.5. The van der Waals surface area contributed by atoms with Gasteiger partial charge in [0.15, 0.2) is 0 Å². The van der Waals surface area contributed by atoms with Crippen LogP contribution in [0, 0.1) is 0 Å². The van der Waals surface area contributed by atoms with Crippen molar-refractivity contribution in [3.63, 3.8) is 0 Å². The van der Waals surface area contributed by atoms with E-state index in [4.69, 9.17) is 0 Å². The highest BCUT2D eigenvalue weighted by Crippen LogP contribution is 2.14. The van der Waals surface area contributed by atoms with Crippen LogP contribution in [0.4, 0.5) is 0 Å². The van der Waals surface area contributed by atoms with Gasteiger partial charge in [0.05, 0.1) is 6.42 Å². The number of rotatable bonds is 6. The van der Waals surface area contributed by atoms with Crippen molar-refractivity contribution < 1.29 is 4.79 Å². The highest BCUT2D eigenvalue weighted by molar-refractivity contribution is 9.10. The predicted molar refractivity (Wildman–Crippen MR) is 101 cm³/mol. The molecule has 0 aromatic heterocycles. The van der Waals surface area contributed by atoms with Crippen LogP contribution in [0.15, 0.2) is 53.0 Å². The lowest BCUT2D eigenvalue weighted by Gasteiger charge is -2.14. The minimum absolute atomic E-state index is 0.0541. The molecule has 0 atom stereocenters. The molecule has 0 saturated carbocycles. The number of hydrogen-bond donors (Lipinski definition) is 1. The number of benzene rings is 2. The van der Waals surface area contributed by atoms with Crippen LogP contribution >= 0.6 is 15.9 Å². The van der Waals surface area contributed by atoms with Gasteiger partial charge in [-0.05, 0) is 54.8 Å². The topological polar surface area (TPSA) is 32.3 Å². The third kappa shape index (κ3) is 5.18. The van der Waals surface area contributed by atoms with Gasteiger partial charge < -0.3 is 5.32 Å². The van der Waals surface area contributed by atoms with E-state index in [-0.39, 0.29) is 5.91 Å². The Bertz CT molecular complexity index is 661. The minimum atomic E-state index is 0.0541. The molecule has 0 spiro atoms. The van der Waals surface area contributed by atoms with Gasteiger partial charge in [0.25, 0.3) is 0 Å². The fourth-order valence-electron chi connectivity index (χ4n) is 3.01. The van der Waals surface area contributed by atoms with Crippen LogP contribution in [0.5, 0.6) is 0 Å². The van der Waals surface area contributed by atoms with Gasteiger partial charge in [0.2, 0.25) is 5.91 Å². The third-order valence-corrected chi connectivity index (χ3v) is 4.92. The number of carbonyl (C=O) groups excluding carboxylic acids is 1. The first-order valence-corrected chi connectivity index (χ1v) is 9.30. The van der Waals surface area contributed by atoms with Crippen molar-refractivity contribution in [1.82, 2.24) is 10.2 Å². The van der Waals surface area contributed by atoms with Gasteiger partial charge in [0.1, 0.15) is 0 Å². The maximum atomic E-state index is 12.0. The van der Waals surface area contributed by atoms with Gasteiger partial charge in [-0.2, -0.15) is 0 Å². The maximum absolute atomic E-state index is 12.0. The molecule has 126 valence electrons. The molecular weight excluding hydrogens is 364 g/mol. The fourth-order valence-corrected chi connectivity index (χ4v) is 3.28. The second kappa shape index (κ2) is 8.45. The van der Waals surface area contributed by atoms with E-state index in [1.807, 2.05) is 24.3 Å². The summed E-state index contributed by atoms with van der Waals surface area (Å²) in [6.07, 6.45) is 3.06. The van der Waals surface area contributed by atoms with E-state index in [1.54, 1.807) is 0 Å². The molecule has 1 saturated heterocycles. The Morgan fingerprint density at radius 3 is 2.17 bits per heavy atom. The lowest BCUT2D eigenvalue weighted by molar-refractivity contribution is -0.120. The standard InChI is InChI=1S/C20H23BrN2O/c21-19-9-7-16(8-10-19)13-20(24)22-14-17-3-5-18(6-4-17)15-23-11-1-2-12-23/h3-10H,1-2,11-15H2,(H,22,24). The van der Waals surface area contributed by atoms with Crippen LogP contribution in [0.25, 0.3) is 0 Å². The second-order valence-electron chi connectivity index (χ2n) is 6.38. The molecule has 1 heterocycles. The largest absolute Gasteiger partial charge is 0.352 e. The quantitative estimate of drug-likeness (QED) is 0.816. The SMILES string of the molecule is O=C(Cc1ccc(Br)cc1)NCc1ccc(CN2CCCC2)cc1. The molecule has 3 rings (SSSR count). The second-order valence-corrected chi connectivity index (χ2v) is 7.30. The van der Waals surface area contributed by atoms with Gasteiger partial charge in [-0.3, -0.25) is 9.69 Å². The van der Waals surface area contributed by atoms with Crippen LogP contribution in [-0.4, -0.2) is 23.9 Å². The van der Waals surface area contributed by atoms with Crippen LogP contribution in [0.2, 0.25) is 0 Å². The molecule has 0 radical (unpaired) electrons. The van der Waals surface area contributed by atoms with E-state index in [0.717, 1.165) is 22.1 Å². The predicted octanol–water partition coefficient (Wildman–Crippen LogP) is 3.90. The van der Waals surface area contributed by atoms with Gasteiger partial charge in [-0.25, -0.2) is 0 Å². The zero-order chi connectivity index (χ0) is 16.8. The first-order chi connectivity index (χ1) is 11.7. The van der Waals surface area contributed by atoms with Gasteiger partial charge >= 0.3 is 0 Å². The van der Waals surface area contributed by atoms with E-state index >= 15 is 0 Å². The van der Waals surface area contributed by atoms with Crippen LogP contribution in [-0.2, 0) is 24.3 Å². The summed E-state index contributed by atoms with van der Waals surface area (Å²) in [6.45, 7) is 4.05. The van der Waals surface area contributed by atoms with E-state index in [1.165, 1.54) is 31.5 Å². The number of amides is 1. The lowest BCUT2D eigenvalue weighted by Crippen LogP contribution is -2.24. The Labute approximate surface area is 152 Å². The Morgan fingerprint density at radius 2 is 1.50 bits per heavy atom. The molecule has 1 amide bonds. The number of halogens is 1. The van der Waals surface area contributed by atoms with Crippen molar-refractivity contribution in [2.75, 3.05) is 13.1 Å². The van der Waals surface area contributed by atoms with E-state index in [0.29, 0.717) is 13.0 Å². The number of hydrogen-bond acceptors (Lipinski definition) is 2. The normalized spacial score (nSPS) is 14.7. The zero-order valence-electron chi connectivity index (χ0n) is 13.8. The first-order valence-electron chi connectivity index (χ1n) is 8.50. The molecule has 0 aliphatic carbocycles. The molecule has 24 heavy (non-hydrogen) atoms. The number of likely N-dealkylation sites (tertiary alicyclic amines) is 1. The van der Waals surface area contributed by atoms with Crippen molar-refractivity contribution in [2.24, 2.45) is 0 Å². The molecule has 1 fully saturated rings. The number of carbonyl (C=O) groups is 1. The molecule has 1 aliphatic rings. The molecule has 0 bridgehead atoms. The van der Waals surface area contributed by atoms with Crippen molar-refractivity contribution in [3.05, 3.63) is 69.7 Å². The zero-order valence-corrected chi connectivity index (χ0v) is 15.4. The Morgan fingerprint density at radius 1 is 0.917 bits per heavy atom. The molecule has 2 aromatic carbocycles. The summed E-state index contributed by atoms with van der Waals surface area (Å²) in [5, 5.41) is 2.99. The minimum Gasteiger partial charge on any atom is -0.352 e. The van der Waals surface area contributed by atoms with Gasteiger partial charge in [-0.1, -0.05) is 52.3 Å². The average molecular weight is 387 g/mol. The maximum Gasteiger partial charge on any atom is 0.224 e. The highest BCUT2D eigenvalue weighted by atomic mass is 79.9. The summed E-state index contributed by atoms with van der Waals surface area (Å²) in [5.41, 5.74) is 3.52. The molecule has 2 aromatic rings. The Kier molecular flexibility index (Phi) is 6.05. The van der Waals surface area contributed by atoms with Crippen LogP contribution in [0.3, 0.4) is 0 Å². The molecule has 1 aliphatic heterocycles. The fraction of sp³-hybridized carbons (Fsp3) is 0.350. The monoisotopic (exact) mass is 386 g/mol. The molecule has 0 unspecified atom stereocenters. The first kappa shape index (κ1) is 17.2. The molecular formula is C20H23BrN2O. The Hall–Kier alpha value is -1.65. The summed E-state index contributed by atoms with van der Waals surface area (Å²) < 4.78 is 1.03. The number of nitrogens with one attached hydrogen (secondary N) is 1. The van der Waals surface area contributed by atoms with Crippen molar-refractivity contribution in [1.29, 1.82) is 0 Å².